The molecule has 0 aliphatic rings. The van der Waals surface area contributed by atoms with Gasteiger partial charge in [-0.3, -0.25) is 0 Å². The van der Waals surface area contributed by atoms with E-state index < -0.39 is 6.17 Å². The third kappa shape index (κ3) is 6.63. The van der Waals surface area contributed by atoms with Gasteiger partial charge < -0.3 is 0 Å². The van der Waals surface area contributed by atoms with Gasteiger partial charge in [-0.05, 0) is 25.2 Å². The molecule has 12 heavy (non-hydrogen) atoms. The summed E-state index contributed by atoms with van der Waals surface area (Å²) in [6.07, 6.45) is 4.14. The SMILES string of the molecule is CC(C)CCCCC(C)C(C)F. The maximum absolute atomic E-state index is 12.7. The average Bonchev–Trinajstić information content (AvgIpc) is 1.97. The van der Waals surface area contributed by atoms with Gasteiger partial charge in [-0.2, -0.15) is 0 Å². The zero-order valence-electron chi connectivity index (χ0n) is 8.94. The Bertz CT molecular complexity index is 97.2. The summed E-state index contributed by atoms with van der Waals surface area (Å²) in [4.78, 5) is 0. The number of rotatable bonds is 6. The first-order chi connectivity index (χ1) is 5.54. The van der Waals surface area contributed by atoms with Crippen molar-refractivity contribution in [2.24, 2.45) is 11.8 Å². The van der Waals surface area contributed by atoms with E-state index in [9.17, 15) is 4.39 Å². The van der Waals surface area contributed by atoms with E-state index in [0.717, 1.165) is 12.3 Å². The molecule has 0 N–H and O–H groups in total. The van der Waals surface area contributed by atoms with Crippen molar-refractivity contribution in [3.63, 3.8) is 0 Å². The second-order valence-corrected chi connectivity index (χ2v) is 4.33. The van der Waals surface area contributed by atoms with Crippen molar-refractivity contribution in [3.8, 4) is 0 Å². The molecular weight excluding hydrogens is 151 g/mol. The smallest absolute Gasteiger partial charge is 0.0998 e. The van der Waals surface area contributed by atoms with Gasteiger partial charge in [0.1, 0.15) is 0 Å². The Morgan fingerprint density at radius 1 is 0.917 bits per heavy atom. The van der Waals surface area contributed by atoms with E-state index in [-0.39, 0.29) is 5.92 Å². The molecule has 0 spiro atoms. The molecule has 74 valence electrons. The van der Waals surface area contributed by atoms with Crippen LogP contribution >= 0.6 is 0 Å². The standard InChI is InChI=1S/C11H23F/c1-9(2)7-5-6-8-10(3)11(4)12/h9-11H,5-8H2,1-4H3. The molecule has 0 nitrogen and oxygen atoms in total. The highest BCUT2D eigenvalue weighted by atomic mass is 19.1. The lowest BCUT2D eigenvalue weighted by atomic mass is 9.97. The van der Waals surface area contributed by atoms with Gasteiger partial charge in [0.2, 0.25) is 0 Å². The molecule has 0 saturated carbocycles. The zero-order chi connectivity index (χ0) is 9.56. The van der Waals surface area contributed by atoms with E-state index in [1.54, 1.807) is 6.92 Å². The van der Waals surface area contributed by atoms with Crippen LogP contribution in [0.1, 0.15) is 53.4 Å². The van der Waals surface area contributed by atoms with Crippen molar-refractivity contribution in [2.75, 3.05) is 0 Å². The zero-order valence-corrected chi connectivity index (χ0v) is 8.94. The Labute approximate surface area is 76.6 Å². The van der Waals surface area contributed by atoms with Gasteiger partial charge >= 0.3 is 0 Å². The molecule has 1 heteroatoms. The molecule has 0 aliphatic carbocycles. The fourth-order valence-electron chi connectivity index (χ4n) is 1.25. The van der Waals surface area contributed by atoms with Crippen molar-refractivity contribution in [2.45, 2.75) is 59.5 Å². The molecule has 0 heterocycles. The minimum Gasteiger partial charge on any atom is -0.248 e. The number of unbranched alkanes of at least 4 members (excludes halogenated alkanes) is 1. The lowest BCUT2D eigenvalue weighted by molar-refractivity contribution is 0.247. The lowest BCUT2D eigenvalue weighted by Crippen LogP contribution is -2.07. The van der Waals surface area contributed by atoms with Crippen molar-refractivity contribution in [1.82, 2.24) is 0 Å². The fraction of sp³-hybridized carbons (Fsp3) is 1.00. The molecule has 0 rings (SSSR count). The third-order valence-corrected chi connectivity index (χ3v) is 2.48. The van der Waals surface area contributed by atoms with Gasteiger partial charge in [0.05, 0.1) is 6.17 Å². The molecular formula is C11H23F. The van der Waals surface area contributed by atoms with Crippen LogP contribution in [0.15, 0.2) is 0 Å². The van der Waals surface area contributed by atoms with Gasteiger partial charge in [-0.1, -0.05) is 40.0 Å². The van der Waals surface area contributed by atoms with Crippen molar-refractivity contribution in [3.05, 3.63) is 0 Å². The Balaban J connectivity index is 3.20. The highest BCUT2D eigenvalue weighted by molar-refractivity contribution is 4.59. The van der Waals surface area contributed by atoms with E-state index in [4.69, 9.17) is 0 Å². The van der Waals surface area contributed by atoms with Crippen LogP contribution in [-0.4, -0.2) is 6.17 Å². The third-order valence-electron chi connectivity index (χ3n) is 2.48. The molecule has 0 radical (unpaired) electrons. The average molecular weight is 174 g/mol. The van der Waals surface area contributed by atoms with Crippen molar-refractivity contribution in [1.29, 1.82) is 0 Å². The molecule has 2 unspecified atom stereocenters. The van der Waals surface area contributed by atoms with E-state index in [2.05, 4.69) is 13.8 Å². The van der Waals surface area contributed by atoms with E-state index in [0.29, 0.717) is 0 Å². The Kier molecular flexibility index (Phi) is 6.41. The van der Waals surface area contributed by atoms with Gasteiger partial charge in [-0.25, -0.2) is 4.39 Å². The maximum Gasteiger partial charge on any atom is 0.0998 e. The van der Waals surface area contributed by atoms with Crippen LogP contribution in [0.25, 0.3) is 0 Å². The summed E-state index contributed by atoms with van der Waals surface area (Å²) in [6, 6.07) is 0. The quantitative estimate of drug-likeness (QED) is 0.529. The van der Waals surface area contributed by atoms with Gasteiger partial charge in [-0.15, -0.1) is 0 Å². The summed E-state index contributed by atoms with van der Waals surface area (Å²) in [5.41, 5.74) is 0. The van der Waals surface area contributed by atoms with Gasteiger partial charge in [0.15, 0.2) is 0 Å². The second-order valence-electron chi connectivity index (χ2n) is 4.33. The Hall–Kier alpha value is -0.0700. The minimum atomic E-state index is -0.635. The molecule has 0 aromatic carbocycles. The number of hydrogen-bond acceptors (Lipinski definition) is 0. The van der Waals surface area contributed by atoms with E-state index >= 15 is 0 Å². The van der Waals surface area contributed by atoms with E-state index in [1.807, 2.05) is 6.92 Å². The van der Waals surface area contributed by atoms with Crippen molar-refractivity contribution >= 4 is 0 Å². The summed E-state index contributed by atoms with van der Waals surface area (Å²) in [5.74, 6) is 1.04. The normalized spacial score (nSPS) is 16.5. The first-order valence-electron chi connectivity index (χ1n) is 5.18. The molecule has 0 saturated heterocycles. The van der Waals surface area contributed by atoms with Crippen LogP contribution in [0.3, 0.4) is 0 Å². The predicted octanol–water partition coefficient (Wildman–Crippen LogP) is 4.20. The van der Waals surface area contributed by atoms with Gasteiger partial charge in [0, 0.05) is 0 Å². The van der Waals surface area contributed by atoms with Crippen LogP contribution in [0, 0.1) is 11.8 Å². The summed E-state index contributed by atoms with van der Waals surface area (Å²) in [6.45, 7) is 8.13. The van der Waals surface area contributed by atoms with Gasteiger partial charge in [0.25, 0.3) is 0 Å². The predicted molar refractivity (Wildman–Crippen MR) is 53.0 cm³/mol. The summed E-state index contributed by atoms with van der Waals surface area (Å²) in [7, 11) is 0. The highest BCUT2D eigenvalue weighted by Crippen LogP contribution is 2.16. The topological polar surface area (TPSA) is 0 Å². The first-order valence-corrected chi connectivity index (χ1v) is 5.18. The van der Waals surface area contributed by atoms with Crippen LogP contribution in [0.4, 0.5) is 4.39 Å². The maximum atomic E-state index is 12.7. The number of halogens is 1. The van der Waals surface area contributed by atoms with E-state index in [1.165, 1.54) is 19.3 Å². The molecule has 0 aliphatic heterocycles. The Morgan fingerprint density at radius 3 is 1.83 bits per heavy atom. The van der Waals surface area contributed by atoms with Crippen LogP contribution in [0.5, 0.6) is 0 Å². The van der Waals surface area contributed by atoms with Crippen LogP contribution < -0.4 is 0 Å². The number of hydrogen-bond donors (Lipinski definition) is 0. The number of alkyl halides is 1. The highest BCUT2D eigenvalue weighted by Gasteiger charge is 2.09. The first kappa shape index (κ1) is 11.9. The second kappa shape index (κ2) is 6.45. The molecule has 0 aromatic heterocycles. The molecule has 0 aromatic rings. The Morgan fingerprint density at radius 2 is 1.42 bits per heavy atom. The monoisotopic (exact) mass is 174 g/mol. The molecule has 0 bridgehead atoms. The summed E-state index contributed by atoms with van der Waals surface area (Å²) >= 11 is 0. The van der Waals surface area contributed by atoms with Crippen LogP contribution in [0.2, 0.25) is 0 Å². The summed E-state index contributed by atoms with van der Waals surface area (Å²) in [5, 5.41) is 0. The molecule has 0 fully saturated rings. The lowest BCUT2D eigenvalue weighted by Gasteiger charge is -2.12. The summed E-state index contributed by atoms with van der Waals surface area (Å²) < 4.78 is 12.7. The molecule has 0 amide bonds. The largest absolute Gasteiger partial charge is 0.248 e. The molecule has 2 atom stereocenters. The van der Waals surface area contributed by atoms with Crippen molar-refractivity contribution < 1.29 is 4.39 Å². The van der Waals surface area contributed by atoms with Crippen LogP contribution in [-0.2, 0) is 0 Å². The minimum absolute atomic E-state index is 0.247. The fourth-order valence-corrected chi connectivity index (χ4v) is 1.25.